The summed E-state index contributed by atoms with van der Waals surface area (Å²) in [5.74, 6) is -0.110. The number of hydrogen-bond acceptors (Lipinski definition) is 5. The lowest BCUT2D eigenvalue weighted by Gasteiger charge is -2.23. The minimum Gasteiger partial charge on any atom is -0.330 e. The van der Waals surface area contributed by atoms with Crippen molar-refractivity contribution in [3.63, 3.8) is 0 Å². The van der Waals surface area contributed by atoms with Crippen LogP contribution in [0, 0.1) is 0 Å². The molecule has 0 aromatic carbocycles. The number of likely N-dealkylation sites (N-methyl/N-ethyl adjacent to an activating group) is 1. The van der Waals surface area contributed by atoms with Crippen molar-refractivity contribution in [2.24, 2.45) is 0 Å². The number of aromatic nitrogens is 2. The van der Waals surface area contributed by atoms with Crippen LogP contribution < -0.4 is 5.32 Å². The summed E-state index contributed by atoms with van der Waals surface area (Å²) in [5.41, 5.74) is 0.673. The van der Waals surface area contributed by atoms with Gasteiger partial charge in [0.25, 0.3) is 0 Å². The molecule has 0 aliphatic carbocycles. The van der Waals surface area contributed by atoms with E-state index in [9.17, 15) is 9.59 Å². The standard InChI is InChI=1S/C18H25N5O2S/c1-21(2)8-9-22-13-14(12-19-22)20-18(25)16-6-3-7-23(16)17(24)11-15-5-4-10-26-15/h4-5,10,12-13,16H,3,6-9,11H2,1-2H3,(H,20,25). The Morgan fingerprint density at radius 3 is 3.00 bits per heavy atom. The highest BCUT2D eigenvalue weighted by atomic mass is 32.1. The van der Waals surface area contributed by atoms with Gasteiger partial charge in [-0.15, -0.1) is 11.3 Å². The molecule has 2 aromatic heterocycles. The van der Waals surface area contributed by atoms with Gasteiger partial charge in [0.05, 0.1) is 24.8 Å². The first-order chi connectivity index (χ1) is 12.5. The van der Waals surface area contributed by atoms with Crippen LogP contribution in [-0.4, -0.2) is 64.6 Å². The molecule has 0 spiro atoms. The first-order valence-electron chi connectivity index (χ1n) is 8.83. The zero-order valence-corrected chi connectivity index (χ0v) is 16.0. The van der Waals surface area contributed by atoms with E-state index in [4.69, 9.17) is 0 Å². The molecule has 3 rings (SSSR count). The molecule has 2 amide bonds. The number of hydrogen-bond donors (Lipinski definition) is 1. The number of likely N-dealkylation sites (tertiary alicyclic amines) is 1. The van der Waals surface area contributed by atoms with Gasteiger partial charge in [-0.25, -0.2) is 0 Å². The lowest BCUT2D eigenvalue weighted by Crippen LogP contribution is -2.43. The SMILES string of the molecule is CN(C)CCn1cc(NC(=O)C2CCCN2C(=O)Cc2cccs2)cn1. The summed E-state index contributed by atoms with van der Waals surface area (Å²) in [6.45, 7) is 2.28. The lowest BCUT2D eigenvalue weighted by molar-refractivity contribution is -0.136. The van der Waals surface area contributed by atoms with Crippen molar-refractivity contribution in [1.82, 2.24) is 19.6 Å². The Balaban J connectivity index is 1.57. The van der Waals surface area contributed by atoms with Gasteiger partial charge in [-0.3, -0.25) is 14.3 Å². The van der Waals surface area contributed by atoms with E-state index in [1.165, 1.54) is 0 Å². The van der Waals surface area contributed by atoms with Gasteiger partial charge in [-0.2, -0.15) is 5.10 Å². The van der Waals surface area contributed by atoms with Gasteiger partial charge in [0, 0.05) is 24.2 Å². The first-order valence-corrected chi connectivity index (χ1v) is 9.71. The summed E-state index contributed by atoms with van der Waals surface area (Å²) in [7, 11) is 4.02. The van der Waals surface area contributed by atoms with Crippen molar-refractivity contribution in [1.29, 1.82) is 0 Å². The van der Waals surface area contributed by atoms with Crippen molar-refractivity contribution in [2.75, 3.05) is 32.5 Å². The number of carbonyl (C=O) groups excluding carboxylic acids is 2. The number of carbonyl (C=O) groups is 2. The van der Waals surface area contributed by atoms with Gasteiger partial charge < -0.3 is 15.1 Å². The molecule has 0 saturated carbocycles. The van der Waals surface area contributed by atoms with Crippen LogP contribution in [0.4, 0.5) is 5.69 Å². The average molecular weight is 375 g/mol. The third kappa shape index (κ3) is 4.70. The van der Waals surface area contributed by atoms with E-state index in [0.29, 0.717) is 25.1 Å². The largest absolute Gasteiger partial charge is 0.330 e. The normalized spacial score (nSPS) is 17.0. The number of thiophene rings is 1. The number of rotatable bonds is 7. The van der Waals surface area contributed by atoms with Crippen LogP contribution in [-0.2, 0) is 22.6 Å². The molecule has 1 fully saturated rings. The van der Waals surface area contributed by atoms with Gasteiger partial charge in [0.1, 0.15) is 6.04 Å². The van der Waals surface area contributed by atoms with E-state index >= 15 is 0 Å². The summed E-state index contributed by atoms with van der Waals surface area (Å²) < 4.78 is 1.81. The summed E-state index contributed by atoms with van der Waals surface area (Å²) in [6, 6.07) is 3.50. The maximum absolute atomic E-state index is 12.7. The van der Waals surface area contributed by atoms with Crippen molar-refractivity contribution < 1.29 is 9.59 Å². The van der Waals surface area contributed by atoms with E-state index in [0.717, 1.165) is 24.4 Å². The minimum atomic E-state index is -0.396. The van der Waals surface area contributed by atoms with Gasteiger partial charge in [0.15, 0.2) is 0 Å². The predicted octanol–water partition coefficient (Wildman–Crippen LogP) is 1.68. The fourth-order valence-corrected chi connectivity index (χ4v) is 3.78. The van der Waals surface area contributed by atoms with Crippen LogP contribution in [0.1, 0.15) is 17.7 Å². The van der Waals surface area contributed by atoms with Crippen LogP contribution in [0.3, 0.4) is 0 Å². The summed E-state index contributed by atoms with van der Waals surface area (Å²) >= 11 is 1.57. The van der Waals surface area contributed by atoms with Gasteiger partial charge in [0.2, 0.25) is 11.8 Å². The number of amides is 2. The van der Waals surface area contributed by atoms with Crippen molar-refractivity contribution in [3.8, 4) is 0 Å². The van der Waals surface area contributed by atoms with Crippen LogP contribution in [0.5, 0.6) is 0 Å². The Kier molecular flexibility index (Phi) is 6.05. The fourth-order valence-electron chi connectivity index (χ4n) is 3.08. The molecular weight excluding hydrogens is 350 g/mol. The molecule has 1 saturated heterocycles. The Bertz CT molecular complexity index is 741. The molecule has 1 aliphatic heterocycles. The molecule has 3 heterocycles. The number of anilines is 1. The highest BCUT2D eigenvalue weighted by Crippen LogP contribution is 2.21. The van der Waals surface area contributed by atoms with Crippen molar-refractivity contribution >= 4 is 28.8 Å². The molecule has 8 heteroatoms. The van der Waals surface area contributed by atoms with Crippen molar-refractivity contribution in [2.45, 2.75) is 31.8 Å². The molecule has 1 N–H and O–H groups in total. The Morgan fingerprint density at radius 1 is 1.42 bits per heavy atom. The molecule has 140 valence electrons. The monoisotopic (exact) mass is 375 g/mol. The van der Waals surface area contributed by atoms with Crippen molar-refractivity contribution in [3.05, 3.63) is 34.8 Å². The number of nitrogens with one attached hydrogen (secondary N) is 1. The third-order valence-electron chi connectivity index (χ3n) is 4.46. The van der Waals surface area contributed by atoms with E-state index in [-0.39, 0.29) is 11.8 Å². The van der Waals surface area contributed by atoms with E-state index in [1.807, 2.05) is 42.5 Å². The second kappa shape index (κ2) is 8.46. The fraction of sp³-hybridized carbons (Fsp3) is 0.500. The van der Waals surface area contributed by atoms with E-state index < -0.39 is 6.04 Å². The number of nitrogens with zero attached hydrogens (tertiary/aromatic N) is 4. The topological polar surface area (TPSA) is 70.5 Å². The Morgan fingerprint density at radius 2 is 2.27 bits per heavy atom. The highest BCUT2D eigenvalue weighted by molar-refractivity contribution is 7.10. The first kappa shape index (κ1) is 18.6. The van der Waals surface area contributed by atoms with Crippen LogP contribution in [0.2, 0.25) is 0 Å². The molecule has 7 nitrogen and oxygen atoms in total. The Labute approximate surface area is 157 Å². The highest BCUT2D eigenvalue weighted by Gasteiger charge is 2.34. The maximum Gasteiger partial charge on any atom is 0.247 e. The van der Waals surface area contributed by atoms with Gasteiger partial charge >= 0.3 is 0 Å². The molecule has 1 unspecified atom stereocenters. The van der Waals surface area contributed by atoms with Crippen LogP contribution >= 0.6 is 11.3 Å². The lowest BCUT2D eigenvalue weighted by atomic mass is 10.2. The second-order valence-electron chi connectivity index (χ2n) is 6.79. The quantitative estimate of drug-likeness (QED) is 0.799. The van der Waals surface area contributed by atoms with Gasteiger partial charge in [-0.05, 0) is 38.4 Å². The van der Waals surface area contributed by atoms with Gasteiger partial charge in [-0.1, -0.05) is 6.07 Å². The van der Waals surface area contributed by atoms with E-state index in [2.05, 4.69) is 15.3 Å². The molecule has 0 bridgehead atoms. The predicted molar refractivity (Wildman–Crippen MR) is 102 cm³/mol. The summed E-state index contributed by atoms with van der Waals surface area (Å²) in [4.78, 5) is 30.0. The Hall–Kier alpha value is -2.19. The molecular formula is C18H25N5O2S. The second-order valence-corrected chi connectivity index (χ2v) is 7.82. The minimum absolute atomic E-state index is 0.0202. The molecule has 2 aromatic rings. The summed E-state index contributed by atoms with van der Waals surface area (Å²) in [6.07, 6.45) is 5.41. The average Bonchev–Trinajstić information content (AvgIpc) is 3.34. The zero-order valence-electron chi connectivity index (χ0n) is 15.2. The maximum atomic E-state index is 12.7. The molecule has 1 aliphatic rings. The van der Waals surface area contributed by atoms with Crippen LogP contribution in [0.25, 0.3) is 0 Å². The summed E-state index contributed by atoms with van der Waals surface area (Å²) in [5, 5.41) is 9.14. The molecule has 26 heavy (non-hydrogen) atoms. The van der Waals surface area contributed by atoms with Crippen LogP contribution in [0.15, 0.2) is 29.9 Å². The zero-order chi connectivity index (χ0) is 18.5. The molecule has 0 radical (unpaired) electrons. The smallest absolute Gasteiger partial charge is 0.247 e. The third-order valence-corrected chi connectivity index (χ3v) is 5.33. The van der Waals surface area contributed by atoms with E-state index in [1.54, 1.807) is 22.4 Å². The molecule has 1 atom stereocenters.